The lowest BCUT2D eigenvalue weighted by atomic mass is 9.97. The molecule has 2 aromatic rings. The second-order valence-corrected chi connectivity index (χ2v) is 12.9. The number of nitrogens with one attached hydrogen (secondary N) is 1. The van der Waals surface area contributed by atoms with Gasteiger partial charge in [-0.3, -0.25) is 9.80 Å². The van der Waals surface area contributed by atoms with E-state index in [0.29, 0.717) is 23.7 Å². The molecule has 2 aliphatic heterocycles. The van der Waals surface area contributed by atoms with Crippen LogP contribution in [0.5, 0.6) is 0 Å². The number of anilines is 1. The molecule has 7 nitrogen and oxygen atoms in total. The monoisotopic (exact) mass is 603 g/mol. The highest BCUT2D eigenvalue weighted by molar-refractivity contribution is 9.10. The minimum absolute atomic E-state index is 0. The molecule has 2 fully saturated rings. The van der Waals surface area contributed by atoms with Crippen molar-refractivity contribution in [2.24, 2.45) is 0 Å². The van der Waals surface area contributed by atoms with Crippen LogP contribution >= 0.6 is 27.5 Å². The molecule has 2 aliphatic rings. The second-order valence-electron chi connectivity index (χ2n) is 9.73. The van der Waals surface area contributed by atoms with Gasteiger partial charge >= 0.3 is 0 Å². The first-order valence-corrected chi connectivity index (χ1v) is 15.4. The molecule has 0 amide bonds. The maximum absolute atomic E-state index is 14.3. The van der Waals surface area contributed by atoms with Crippen LogP contribution in [0.1, 0.15) is 38.7 Å². The molecule has 2 saturated heterocycles. The number of pyridine rings is 1. The Morgan fingerprint density at radius 1 is 1.22 bits per heavy atom. The Kier molecular flexibility index (Phi) is 9.28. The summed E-state index contributed by atoms with van der Waals surface area (Å²) in [5.41, 5.74) is 1.48. The van der Waals surface area contributed by atoms with Crippen molar-refractivity contribution in [3.8, 4) is 0 Å². The normalized spacial score (nSPS) is 20.7. The first-order chi connectivity index (χ1) is 17.1. The molecule has 0 saturated carbocycles. The number of hydrogen-bond acceptors (Lipinski definition) is 6. The first kappa shape index (κ1) is 27.7. The van der Waals surface area contributed by atoms with Gasteiger partial charge in [0.2, 0.25) is 10.0 Å². The van der Waals surface area contributed by atoms with Crippen molar-refractivity contribution in [1.82, 2.24) is 19.5 Å². The van der Waals surface area contributed by atoms with Crippen molar-refractivity contribution >= 4 is 43.4 Å². The van der Waals surface area contributed by atoms with Crippen LogP contribution in [-0.4, -0.2) is 74.3 Å². The fourth-order valence-corrected chi connectivity index (χ4v) is 6.29. The lowest BCUT2D eigenvalue weighted by Crippen LogP contribution is -2.58. The van der Waals surface area contributed by atoms with E-state index in [0.717, 1.165) is 79.7 Å². The number of nitrogens with zero attached hydrogens (tertiary/aromatic N) is 4. The van der Waals surface area contributed by atoms with Crippen molar-refractivity contribution in [2.45, 2.75) is 51.4 Å². The number of aromatic nitrogens is 1. The van der Waals surface area contributed by atoms with E-state index >= 15 is 0 Å². The van der Waals surface area contributed by atoms with Gasteiger partial charge in [0.05, 0.1) is 11.3 Å². The number of benzene rings is 1. The van der Waals surface area contributed by atoms with E-state index in [2.05, 4.69) is 47.3 Å². The summed E-state index contributed by atoms with van der Waals surface area (Å²) in [6.45, 7) is 7.62. The van der Waals surface area contributed by atoms with Crippen LogP contribution < -0.4 is 9.62 Å². The predicted octanol–water partition coefficient (Wildman–Crippen LogP) is 4.50. The van der Waals surface area contributed by atoms with Crippen molar-refractivity contribution in [3.63, 3.8) is 0 Å². The van der Waals surface area contributed by atoms with Crippen LogP contribution in [0.2, 0.25) is 5.02 Å². The van der Waals surface area contributed by atoms with Gasteiger partial charge < -0.3 is 4.90 Å². The Hall–Kier alpha value is -1.30. The highest BCUT2D eigenvalue weighted by Gasteiger charge is 2.34. The number of rotatable bonds is 8. The predicted molar refractivity (Wildman–Crippen MR) is 148 cm³/mol. The van der Waals surface area contributed by atoms with Crippen LogP contribution in [0.4, 0.5) is 10.2 Å². The summed E-state index contributed by atoms with van der Waals surface area (Å²) in [6.07, 6.45) is 6.02. The molecule has 1 atom stereocenters. The van der Waals surface area contributed by atoms with E-state index < -0.39 is 10.0 Å². The van der Waals surface area contributed by atoms with Crippen molar-refractivity contribution < 1.29 is 14.2 Å². The van der Waals surface area contributed by atoms with Gasteiger partial charge in [0.1, 0.15) is 11.6 Å². The lowest BCUT2D eigenvalue weighted by molar-refractivity contribution is 0.0607. The highest BCUT2D eigenvalue weighted by Crippen LogP contribution is 2.30. The van der Waals surface area contributed by atoms with Gasteiger partial charge in [-0.2, -0.15) is 0 Å². The van der Waals surface area contributed by atoms with Gasteiger partial charge in [-0.15, -0.1) is 0 Å². The number of sulfonamides is 1. The van der Waals surface area contributed by atoms with Crippen LogP contribution in [0.15, 0.2) is 34.9 Å². The molecule has 0 unspecified atom stereocenters. The molecule has 0 bridgehead atoms. The topological polar surface area (TPSA) is 68.8 Å². The highest BCUT2D eigenvalue weighted by atomic mass is 79.9. The van der Waals surface area contributed by atoms with E-state index in [-0.39, 0.29) is 13.8 Å². The minimum atomic E-state index is -3.27. The fraction of sp³-hybridized carbons (Fsp3) is 0.560. The quantitative estimate of drug-likeness (QED) is 0.479. The molecule has 1 aromatic carbocycles. The molecular weight excluding hydrogens is 569 g/mol. The maximum Gasteiger partial charge on any atom is 0.209 e. The van der Waals surface area contributed by atoms with Gasteiger partial charge in [0, 0.05) is 62.5 Å². The zero-order valence-electron chi connectivity index (χ0n) is 20.8. The van der Waals surface area contributed by atoms with Crippen LogP contribution in [-0.2, 0) is 23.1 Å². The van der Waals surface area contributed by atoms with Crippen LogP contribution in [0.3, 0.4) is 0 Å². The summed E-state index contributed by atoms with van der Waals surface area (Å²) in [6, 6.07) is 8.02. The fourth-order valence-electron chi connectivity index (χ4n) is 5.22. The summed E-state index contributed by atoms with van der Waals surface area (Å²) in [5.74, 6) is 0.602. The summed E-state index contributed by atoms with van der Waals surface area (Å²) in [4.78, 5) is 11.8. The Labute approximate surface area is 228 Å². The third kappa shape index (κ3) is 7.17. The van der Waals surface area contributed by atoms with Crippen LogP contribution in [0.25, 0.3) is 0 Å². The SMILES string of the molecule is CC[C@H]1CN(c2ncc(CNS(C)(=O)=O)cc2Cl)CCN1C1CCN(Cc2ccc(Br)cc2F)CC1.[HH]. The van der Waals surface area contributed by atoms with E-state index in [1.54, 1.807) is 12.3 Å². The molecular formula is C25H36BrClFN5O2S. The zero-order chi connectivity index (χ0) is 25.9. The number of halogens is 3. The summed E-state index contributed by atoms with van der Waals surface area (Å²) < 4.78 is 40.2. The van der Waals surface area contributed by atoms with Crippen molar-refractivity contribution in [3.05, 3.63) is 56.9 Å². The van der Waals surface area contributed by atoms with Crippen LogP contribution in [0, 0.1) is 5.82 Å². The van der Waals surface area contributed by atoms with E-state index in [1.165, 1.54) is 6.07 Å². The second kappa shape index (κ2) is 12.0. The smallest absolute Gasteiger partial charge is 0.209 e. The van der Waals surface area contributed by atoms with Crippen molar-refractivity contribution in [1.29, 1.82) is 0 Å². The molecule has 200 valence electrons. The molecule has 4 rings (SSSR count). The van der Waals surface area contributed by atoms with Gasteiger partial charge in [-0.1, -0.05) is 40.5 Å². The van der Waals surface area contributed by atoms with Crippen molar-refractivity contribution in [2.75, 3.05) is 43.9 Å². The number of likely N-dealkylation sites (tertiary alicyclic amines) is 1. The van der Waals surface area contributed by atoms with Gasteiger partial charge in [0.25, 0.3) is 0 Å². The van der Waals surface area contributed by atoms with Gasteiger partial charge in [-0.05, 0) is 56.1 Å². The molecule has 0 radical (unpaired) electrons. The number of piperidine rings is 1. The Balaban J connectivity index is 0.00000380. The molecule has 0 spiro atoms. The molecule has 0 aliphatic carbocycles. The summed E-state index contributed by atoms with van der Waals surface area (Å²) in [7, 11) is -3.27. The maximum atomic E-state index is 14.3. The third-order valence-corrected chi connectivity index (χ3v) is 8.59. The Morgan fingerprint density at radius 2 is 1.97 bits per heavy atom. The molecule has 36 heavy (non-hydrogen) atoms. The lowest BCUT2D eigenvalue weighted by Gasteiger charge is -2.47. The first-order valence-electron chi connectivity index (χ1n) is 12.4. The molecule has 3 heterocycles. The van der Waals surface area contributed by atoms with Gasteiger partial charge in [0.15, 0.2) is 0 Å². The minimum Gasteiger partial charge on any atom is -0.353 e. The Bertz CT molecular complexity index is 1170. The average molecular weight is 605 g/mol. The van der Waals surface area contributed by atoms with E-state index in [1.807, 2.05) is 12.1 Å². The average Bonchev–Trinajstić information content (AvgIpc) is 2.84. The largest absolute Gasteiger partial charge is 0.353 e. The summed E-state index contributed by atoms with van der Waals surface area (Å²) in [5, 5.41) is 0.541. The molecule has 1 N–H and O–H groups in total. The number of piperazine rings is 1. The van der Waals surface area contributed by atoms with E-state index in [9.17, 15) is 12.8 Å². The standard InChI is InChI=1S/C25H34BrClFN5O2S.H2/c1-3-21-17-32(25-23(27)12-18(14-29-25)15-30-36(2,34)35)10-11-33(21)22-6-8-31(9-7-22)16-19-4-5-20(26)13-24(19)28;/h4-5,12-14,21-22,30H,3,6-11,15-17H2,1-2H3;1H/t21-;/m0./s1. The zero-order valence-corrected chi connectivity index (χ0v) is 23.9. The van der Waals surface area contributed by atoms with E-state index in [4.69, 9.17) is 11.6 Å². The third-order valence-electron chi connectivity index (χ3n) is 7.15. The molecule has 11 heteroatoms. The Morgan fingerprint density at radius 3 is 2.61 bits per heavy atom. The van der Waals surface area contributed by atoms with Gasteiger partial charge in [-0.25, -0.2) is 22.5 Å². The summed E-state index contributed by atoms with van der Waals surface area (Å²) >= 11 is 9.89. The number of hydrogen-bond donors (Lipinski definition) is 1. The molecule has 1 aromatic heterocycles.